The summed E-state index contributed by atoms with van der Waals surface area (Å²) in [6.07, 6.45) is 0. The van der Waals surface area contributed by atoms with Crippen molar-refractivity contribution in [2.45, 2.75) is 5.16 Å². The molecule has 0 aliphatic rings. The number of amides is 1. The summed E-state index contributed by atoms with van der Waals surface area (Å²) in [5, 5.41) is -0.610. The van der Waals surface area contributed by atoms with Gasteiger partial charge in [-0.1, -0.05) is 0 Å². The van der Waals surface area contributed by atoms with Gasteiger partial charge in [-0.05, 0) is 0 Å². The lowest BCUT2D eigenvalue weighted by Gasteiger charge is -2.03. The van der Waals surface area contributed by atoms with Gasteiger partial charge in [-0.25, -0.2) is 4.98 Å². The monoisotopic (exact) mass is 202 g/mol. The highest BCUT2D eigenvalue weighted by Gasteiger charge is 2.05. The number of aromatic nitrogens is 2. The van der Waals surface area contributed by atoms with Gasteiger partial charge in [-0.2, -0.15) is 0 Å². The van der Waals surface area contributed by atoms with Gasteiger partial charge < -0.3 is 15.3 Å². The van der Waals surface area contributed by atoms with Gasteiger partial charge >= 0.3 is 0 Å². The zero-order valence-corrected chi connectivity index (χ0v) is 6.96. The lowest BCUT2D eigenvalue weighted by Crippen LogP contribution is -2.20. The lowest BCUT2D eigenvalue weighted by molar-refractivity contribution is 0.0994. The molecule has 70 valence electrons. The molecular formula is C5H4N3O4S-. The number of aromatic amines is 1. The summed E-state index contributed by atoms with van der Waals surface area (Å²) >= 11 is -2.69. The van der Waals surface area contributed by atoms with Crippen LogP contribution in [0.3, 0.4) is 0 Å². The van der Waals surface area contributed by atoms with Gasteiger partial charge in [0.15, 0.2) is 5.16 Å². The molecule has 1 aromatic rings. The highest BCUT2D eigenvalue weighted by Crippen LogP contribution is 1.94. The second-order valence-electron chi connectivity index (χ2n) is 2.03. The normalized spacial score (nSPS) is 12.4. The molecule has 1 unspecified atom stereocenters. The molecule has 8 heteroatoms. The highest BCUT2D eigenvalue weighted by molar-refractivity contribution is 7.78. The Balaban J connectivity index is 3.35. The third kappa shape index (κ3) is 2.20. The number of nitrogens with zero attached hydrogens (tertiary/aromatic N) is 1. The van der Waals surface area contributed by atoms with E-state index in [1.54, 1.807) is 0 Å². The molecule has 0 saturated heterocycles. The maximum Gasteiger partial charge on any atom is 0.267 e. The van der Waals surface area contributed by atoms with E-state index in [4.69, 9.17) is 5.73 Å². The predicted octanol–water partition coefficient (Wildman–Crippen LogP) is -1.89. The smallest absolute Gasteiger partial charge is 0.267 e. The van der Waals surface area contributed by atoms with E-state index < -0.39 is 27.7 Å². The molecule has 0 radical (unpaired) electrons. The molecule has 1 aromatic heterocycles. The standard InChI is InChI=1S/C5H5N3O4S/c6-4(10)2-1-3(9)8-5(7-2)13(11)12/h1H,(H2,6,10)(H,11,12)(H,7,8,9)/p-1. The van der Waals surface area contributed by atoms with Crippen LogP contribution in [0, 0.1) is 0 Å². The van der Waals surface area contributed by atoms with Gasteiger partial charge in [0.05, 0.1) is 0 Å². The van der Waals surface area contributed by atoms with Crippen LogP contribution in [-0.4, -0.2) is 24.6 Å². The van der Waals surface area contributed by atoms with Crippen LogP contribution < -0.4 is 11.3 Å². The van der Waals surface area contributed by atoms with Crippen molar-refractivity contribution in [3.8, 4) is 0 Å². The number of carbonyl (C=O) groups excluding carboxylic acids is 1. The Morgan fingerprint density at radius 2 is 2.31 bits per heavy atom. The zero-order valence-electron chi connectivity index (χ0n) is 6.14. The van der Waals surface area contributed by atoms with Crippen LogP contribution >= 0.6 is 0 Å². The van der Waals surface area contributed by atoms with Gasteiger partial charge in [0.1, 0.15) is 5.69 Å². The van der Waals surface area contributed by atoms with E-state index >= 15 is 0 Å². The molecule has 13 heavy (non-hydrogen) atoms. The summed E-state index contributed by atoms with van der Waals surface area (Å²) < 4.78 is 20.7. The van der Waals surface area contributed by atoms with Gasteiger partial charge in [0.25, 0.3) is 11.5 Å². The molecule has 1 atom stereocenters. The summed E-state index contributed by atoms with van der Waals surface area (Å²) in [5.74, 6) is -0.960. The highest BCUT2D eigenvalue weighted by atomic mass is 32.2. The Kier molecular flexibility index (Phi) is 2.54. The van der Waals surface area contributed by atoms with Crippen molar-refractivity contribution in [1.29, 1.82) is 0 Å². The average Bonchev–Trinajstić information content (AvgIpc) is 2.03. The molecule has 0 aliphatic carbocycles. The number of hydrogen-bond donors (Lipinski definition) is 2. The summed E-state index contributed by atoms with van der Waals surface area (Å²) in [6, 6.07) is 0.818. The Morgan fingerprint density at radius 1 is 1.69 bits per heavy atom. The fourth-order valence-corrected chi connectivity index (χ4v) is 0.997. The lowest BCUT2D eigenvalue weighted by atomic mass is 10.4. The Labute approximate surface area is 74.3 Å². The summed E-state index contributed by atoms with van der Waals surface area (Å²) in [7, 11) is 0. The molecule has 7 nitrogen and oxygen atoms in total. The molecule has 0 aromatic carbocycles. The van der Waals surface area contributed by atoms with Crippen molar-refractivity contribution in [2.24, 2.45) is 5.73 Å². The third-order valence-corrected chi connectivity index (χ3v) is 1.64. The molecule has 0 spiro atoms. The van der Waals surface area contributed by atoms with E-state index in [1.807, 2.05) is 4.98 Å². The van der Waals surface area contributed by atoms with E-state index in [2.05, 4.69) is 4.98 Å². The van der Waals surface area contributed by atoms with Crippen LogP contribution in [0.2, 0.25) is 0 Å². The third-order valence-electron chi connectivity index (χ3n) is 1.13. The van der Waals surface area contributed by atoms with Crippen LogP contribution in [0.5, 0.6) is 0 Å². The SMILES string of the molecule is NC(=O)c1cc(=O)[nH]c(S(=O)[O-])n1. The summed E-state index contributed by atoms with van der Waals surface area (Å²) in [5.41, 5.74) is 3.66. The zero-order chi connectivity index (χ0) is 10.0. The fourth-order valence-electron chi connectivity index (χ4n) is 0.640. The summed E-state index contributed by atoms with van der Waals surface area (Å²) in [4.78, 5) is 26.5. The molecule has 1 rings (SSSR count). The maximum atomic E-state index is 10.7. The minimum Gasteiger partial charge on any atom is -0.766 e. The van der Waals surface area contributed by atoms with Gasteiger partial charge in [0.2, 0.25) is 0 Å². The number of primary amides is 1. The topological polar surface area (TPSA) is 129 Å². The minimum absolute atomic E-state index is 0.386. The quantitative estimate of drug-likeness (QED) is 0.427. The molecular weight excluding hydrogens is 198 g/mol. The molecule has 0 fully saturated rings. The van der Waals surface area contributed by atoms with Gasteiger partial charge in [-0.3, -0.25) is 13.8 Å². The predicted molar refractivity (Wildman–Crippen MR) is 40.6 cm³/mol. The van der Waals surface area contributed by atoms with Crippen molar-refractivity contribution >= 4 is 17.0 Å². The van der Waals surface area contributed by atoms with Crippen LogP contribution in [0.15, 0.2) is 16.0 Å². The molecule has 1 heterocycles. The van der Waals surface area contributed by atoms with Crippen molar-refractivity contribution < 1.29 is 13.6 Å². The molecule has 0 saturated carbocycles. The van der Waals surface area contributed by atoms with Crippen LogP contribution in [0.1, 0.15) is 10.5 Å². The van der Waals surface area contributed by atoms with E-state index in [0.29, 0.717) is 0 Å². The number of nitrogens with one attached hydrogen (secondary N) is 1. The number of nitrogens with two attached hydrogens (primary N) is 1. The first-order valence-electron chi connectivity index (χ1n) is 3.01. The van der Waals surface area contributed by atoms with Crippen molar-refractivity contribution in [3.05, 3.63) is 22.1 Å². The van der Waals surface area contributed by atoms with Crippen molar-refractivity contribution in [2.75, 3.05) is 0 Å². The van der Waals surface area contributed by atoms with E-state index in [0.717, 1.165) is 6.07 Å². The molecule has 3 N–H and O–H groups in total. The molecule has 0 bridgehead atoms. The van der Waals surface area contributed by atoms with E-state index in [-0.39, 0.29) is 5.69 Å². The number of hydrogen-bond acceptors (Lipinski definition) is 5. The van der Waals surface area contributed by atoms with Crippen LogP contribution in [-0.2, 0) is 11.1 Å². The average molecular weight is 202 g/mol. The molecule has 0 aliphatic heterocycles. The number of rotatable bonds is 2. The van der Waals surface area contributed by atoms with Gasteiger partial charge in [0, 0.05) is 17.1 Å². The fraction of sp³-hybridized carbons (Fsp3) is 0. The first-order valence-corrected chi connectivity index (χ1v) is 4.08. The molecule has 1 amide bonds. The van der Waals surface area contributed by atoms with Crippen LogP contribution in [0.4, 0.5) is 0 Å². The Hall–Kier alpha value is -1.54. The van der Waals surface area contributed by atoms with Crippen LogP contribution in [0.25, 0.3) is 0 Å². The van der Waals surface area contributed by atoms with Crippen molar-refractivity contribution in [3.63, 3.8) is 0 Å². The number of carbonyl (C=O) groups is 1. The Morgan fingerprint density at radius 3 is 2.77 bits per heavy atom. The maximum absolute atomic E-state index is 10.7. The van der Waals surface area contributed by atoms with Crippen molar-refractivity contribution in [1.82, 2.24) is 9.97 Å². The first kappa shape index (κ1) is 9.55. The second kappa shape index (κ2) is 3.46. The van der Waals surface area contributed by atoms with E-state index in [1.165, 1.54) is 0 Å². The largest absolute Gasteiger partial charge is 0.766 e. The first-order chi connectivity index (χ1) is 6.00. The number of H-pyrrole nitrogens is 1. The minimum atomic E-state index is -2.69. The second-order valence-corrected chi connectivity index (χ2v) is 2.89. The van der Waals surface area contributed by atoms with Gasteiger partial charge in [-0.15, -0.1) is 0 Å². The Bertz CT molecular complexity index is 391. The summed E-state index contributed by atoms with van der Waals surface area (Å²) in [6.45, 7) is 0. The van der Waals surface area contributed by atoms with E-state index in [9.17, 15) is 18.4 Å².